The normalized spacial score (nSPS) is 17.4. The van der Waals surface area contributed by atoms with E-state index in [1.165, 1.54) is 38.9 Å². The van der Waals surface area contributed by atoms with Crippen LogP contribution in [-0.4, -0.2) is 24.7 Å². The molecule has 0 radical (unpaired) electrons. The van der Waals surface area contributed by atoms with E-state index in [4.69, 9.17) is 10.5 Å². The summed E-state index contributed by atoms with van der Waals surface area (Å²) in [7, 11) is 1.46. The van der Waals surface area contributed by atoms with Gasteiger partial charge in [-0.05, 0) is 19.1 Å². The summed E-state index contributed by atoms with van der Waals surface area (Å²) in [6.45, 7) is 0.854. The zero-order chi connectivity index (χ0) is 13.9. The SMILES string of the molecule is COc1cc(NCC2(SC)CCCC2)c(N)cc1F. The molecule has 0 heterocycles. The molecule has 0 bridgehead atoms. The molecule has 5 heteroatoms. The van der Waals surface area contributed by atoms with Crippen molar-refractivity contribution in [1.29, 1.82) is 0 Å². The molecule has 1 aliphatic carbocycles. The van der Waals surface area contributed by atoms with Crippen molar-refractivity contribution < 1.29 is 9.13 Å². The van der Waals surface area contributed by atoms with Gasteiger partial charge in [-0.1, -0.05) is 12.8 Å². The van der Waals surface area contributed by atoms with E-state index in [0.717, 1.165) is 12.2 Å². The van der Waals surface area contributed by atoms with Gasteiger partial charge in [0.2, 0.25) is 0 Å². The number of halogens is 1. The first-order valence-electron chi connectivity index (χ1n) is 6.52. The van der Waals surface area contributed by atoms with Crippen molar-refractivity contribution in [3.05, 3.63) is 17.9 Å². The minimum absolute atomic E-state index is 0.223. The molecule has 1 aromatic carbocycles. The zero-order valence-electron chi connectivity index (χ0n) is 11.5. The number of methoxy groups -OCH3 is 1. The number of benzene rings is 1. The van der Waals surface area contributed by atoms with Gasteiger partial charge in [0.15, 0.2) is 11.6 Å². The maximum Gasteiger partial charge on any atom is 0.167 e. The van der Waals surface area contributed by atoms with Crippen molar-refractivity contribution in [3.63, 3.8) is 0 Å². The summed E-state index contributed by atoms with van der Waals surface area (Å²) in [6.07, 6.45) is 7.16. The Morgan fingerprint density at radius 2 is 2.11 bits per heavy atom. The molecule has 0 amide bonds. The Kier molecular flexibility index (Phi) is 4.45. The lowest BCUT2D eigenvalue weighted by atomic mass is 10.1. The highest BCUT2D eigenvalue weighted by atomic mass is 32.2. The van der Waals surface area contributed by atoms with Crippen LogP contribution in [0.1, 0.15) is 25.7 Å². The monoisotopic (exact) mass is 284 g/mol. The van der Waals surface area contributed by atoms with Gasteiger partial charge in [-0.15, -0.1) is 0 Å². The summed E-state index contributed by atoms with van der Waals surface area (Å²) in [6, 6.07) is 2.94. The van der Waals surface area contributed by atoms with Gasteiger partial charge in [0.25, 0.3) is 0 Å². The Morgan fingerprint density at radius 1 is 1.42 bits per heavy atom. The van der Waals surface area contributed by atoms with Crippen LogP contribution in [0.3, 0.4) is 0 Å². The smallest absolute Gasteiger partial charge is 0.167 e. The molecule has 0 unspecified atom stereocenters. The largest absolute Gasteiger partial charge is 0.494 e. The zero-order valence-corrected chi connectivity index (χ0v) is 12.3. The molecule has 106 valence electrons. The highest BCUT2D eigenvalue weighted by molar-refractivity contribution is 8.00. The van der Waals surface area contributed by atoms with Gasteiger partial charge in [0.1, 0.15) is 0 Å². The molecule has 0 aliphatic heterocycles. The van der Waals surface area contributed by atoms with Crippen LogP contribution in [0.2, 0.25) is 0 Å². The van der Waals surface area contributed by atoms with Gasteiger partial charge in [0.05, 0.1) is 18.5 Å². The van der Waals surface area contributed by atoms with Crippen LogP contribution in [0.25, 0.3) is 0 Å². The third-order valence-corrected chi connectivity index (χ3v) is 5.29. The van der Waals surface area contributed by atoms with Crippen LogP contribution in [0, 0.1) is 5.82 Å². The Labute approximate surface area is 118 Å². The lowest BCUT2D eigenvalue weighted by Crippen LogP contribution is -2.30. The first-order valence-corrected chi connectivity index (χ1v) is 7.75. The molecule has 3 nitrogen and oxygen atoms in total. The lowest BCUT2D eigenvalue weighted by molar-refractivity contribution is 0.387. The summed E-state index contributed by atoms with van der Waals surface area (Å²) in [4.78, 5) is 0. The summed E-state index contributed by atoms with van der Waals surface area (Å²) >= 11 is 1.91. The van der Waals surface area contributed by atoms with Crippen LogP contribution < -0.4 is 15.8 Å². The first kappa shape index (κ1) is 14.3. The van der Waals surface area contributed by atoms with Gasteiger partial charge in [0, 0.05) is 23.4 Å². The van der Waals surface area contributed by atoms with E-state index >= 15 is 0 Å². The number of hydrogen-bond donors (Lipinski definition) is 2. The number of rotatable bonds is 5. The van der Waals surface area contributed by atoms with Gasteiger partial charge in [-0.3, -0.25) is 0 Å². The van der Waals surface area contributed by atoms with Crippen molar-refractivity contribution in [2.45, 2.75) is 30.4 Å². The number of anilines is 2. The lowest BCUT2D eigenvalue weighted by Gasteiger charge is -2.28. The van der Waals surface area contributed by atoms with Crippen LogP contribution in [0.4, 0.5) is 15.8 Å². The predicted molar refractivity (Wildman–Crippen MR) is 80.6 cm³/mol. The minimum Gasteiger partial charge on any atom is -0.494 e. The summed E-state index contributed by atoms with van der Waals surface area (Å²) in [5.41, 5.74) is 7.02. The average molecular weight is 284 g/mol. The standard InChI is InChI=1S/C14H21FN2OS/c1-18-13-8-12(11(16)7-10(13)15)17-9-14(19-2)5-3-4-6-14/h7-8,17H,3-6,9,16H2,1-2H3. The number of nitrogens with two attached hydrogens (primary N) is 1. The van der Waals surface area contributed by atoms with Crippen molar-refractivity contribution >= 4 is 23.1 Å². The predicted octanol–water partition coefficient (Wildman–Crippen LogP) is 3.50. The van der Waals surface area contributed by atoms with E-state index in [-0.39, 0.29) is 10.5 Å². The fraction of sp³-hybridized carbons (Fsp3) is 0.571. The second kappa shape index (κ2) is 5.90. The molecule has 1 fully saturated rings. The Morgan fingerprint density at radius 3 is 2.68 bits per heavy atom. The Balaban J connectivity index is 2.10. The molecule has 0 aromatic heterocycles. The highest BCUT2D eigenvalue weighted by Crippen LogP contribution is 2.40. The van der Waals surface area contributed by atoms with E-state index in [9.17, 15) is 4.39 Å². The van der Waals surface area contributed by atoms with E-state index in [1.807, 2.05) is 11.8 Å². The molecule has 1 aliphatic rings. The molecule has 19 heavy (non-hydrogen) atoms. The van der Waals surface area contributed by atoms with Crippen LogP contribution in [0.15, 0.2) is 12.1 Å². The van der Waals surface area contributed by atoms with Crippen molar-refractivity contribution in [3.8, 4) is 5.75 Å². The molecule has 0 saturated heterocycles. The second-order valence-electron chi connectivity index (χ2n) is 5.02. The average Bonchev–Trinajstić information content (AvgIpc) is 2.87. The van der Waals surface area contributed by atoms with Gasteiger partial charge in [-0.25, -0.2) is 4.39 Å². The summed E-state index contributed by atoms with van der Waals surface area (Å²) in [5.74, 6) is -0.202. The van der Waals surface area contributed by atoms with Crippen LogP contribution in [-0.2, 0) is 0 Å². The Bertz CT molecular complexity index is 447. The molecule has 1 aromatic rings. The molecule has 2 rings (SSSR count). The van der Waals surface area contributed by atoms with Gasteiger partial charge >= 0.3 is 0 Å². The van der Waals surface area contributed by atoms with Crippen LogP contribution >= 0.6 is 11.8 Å². The maximum absolute atomic E-state index is 13.5. The number of ether oxygens (including phenoxy) is 1. The second-order valence-corrected chi connectivity index (χ2v) is 6.30. The molecule has 0 spiro atoms. The van der Waals surface area contributed by atoms with E-state index in [0.29, 0.717) is 5.69 Å². The van der Waals surface area contributed by atoms with E-state index in [2.05, 4.69) is 11.6 Å². The fourth-order valence-electron chi connectivity index (χ4n) is 2.61. The van der Waals surface area contributed by atoms with E-state index < -0.39 is 5.82 Å². The number of thioether (sulfide) groups is 1. The highest BCUT2D eigenvalue weighted by Gasteiger charge is 2.32. The quantitative estimate of drug-likeness (QED) is 0.812. The molecular weight excluding hydrogens is 263 g/mol. The molecule has 3 N–H and O–H groups in total. The fourth-order valence-corrected chi connectivity index (χ4v) is 3.52. The summed E-state index contributed by atoms with van der Waals surface area (Å²) in [5, 5.41) is 3.36. The molecular formula is C14H21FN2OS. The molecule has 0 atom stereocenters. The van der Waals surface area contributed by atoms with Crippen LogP contribution in [0.5, 0.6) is 5.75 Å². The third kappa shape index (κ3) is 3.08. The van der Waals surface area contributed by atoms with Crippen molar-refractivity contribution in [1.82, 2.24) is 0 Å². The Hall–Kier alpha value is -1.10. The molecule has 1 saturated carbocycles. The topological polar surface area (TPSA) is 47.3 Å². The summed E-state index contributed by atoms with van der Waals surface area (Å²) < 4.78 is 18.8. The third-order valence-electron chi connectivity index (χ3n) is 3.87. The van der Waals surface area contributed by atoms with Gasteiger partial charge in [-0.2, -0.15) is 11.8 Å². The number of hydrogen-bond acceptors (Lipinski definition) is 4. The minimum atomic E-state index is -0.425. The number of nitrogen functional groups attached to an aromatic ring is 1. The van der Waals surface area contributed by atoms with Crippen molar-refractivity contribution in [2.24, 2.45) is 0 Å². The first-order chi connectivity index (χ1) is 9.10. The van der Waals surface area contributed by atoms with Gasteiger partial charge < -0.3 is 15.8 Å². The van der Waals surface area contributed by atoms with E-state index in [1.54, 1.807) is 6.07 Å². The van der Waals surface area contributed by atoms with Crippen molar-refractivity contribution in [2.75, 3.05) is 31.0 Å². The number of nitrogens with one attached hydrogen (secondary N) is 1. The maximum atomic E-state index is 13.5.